The van der Waals surface area contributed by atoms with Crippen molar-refractivity contribution in [3.05, 3.63) is 90.1 Å². The molecule has 34 heavy (non-hydrogen) atoms. The van der Waals surface area contributed by atoms with E-state index in [-0.39, 0.29) is 11.6 Å². The number of anilines is 3. The lowest BCUT2D eigenvalue weighted by Gasteiger charge is -2.21. The summed E-state index contributed by atoms with van der Waals surface area (Å²) < 4.78 is 5.58. The molecule has 3 aromatic rings. The smallest absolute Gasteiger partial charge is 0.282 e. The van der Waals surface area contributed by atoms with Crippen molar-refractivity contribution in [3.8, 4) is 5.75 Å². The predicted octanol–water partition coefficient (Wildman–Crippen LogP) is 5.33. The molecular formula is C28H29N3O3. The Hall–Kier alpha value is -4.06. The number of carbonyl (C=O) groups is 2. The van der Waals surface area contributed by atoms with Gasteiger partial charge in [0, 0.05) is 30.5 Å². The summed E-state index contributed by atoms with van der Waals surface area (Å²) in [4.78, 5) is 30.6. The van der Waals surface area contributed by atoms with Gasteiger partial charge in [0.05, 0.1) is 17.9 Å². The minimum Gasteiger partial charge on any atom is -0.494 e. The van der Waals surface area contributed by atoms with E-state index in [1.165, 1.54) is 4.90 Å². The Labute approximate surface area is 200 Å². The zero-order valence-electron chi connectivity index (χ0n) is 19.7. The number of ether oxygens (including phenoxy) is 1. The van der Waals surface area contributed by atoms with Gasteiger partial charge in [0.25, 0.3) is 11.8 Å². The first kappa shape index (κ1) is 23.1. The van der Waals surface area contributed by atoms with Crippen LogP contribution in [0.2, 0.25) is 0 Å². The van der Waals surface area contributed by atoms with E-state index in [1.807, 2.05) is 61.5 Å². The van der Waals surface area contributed by atoms with Crippen LogP contribution in [0.25, 0.3) is 5.57 Å². The van der Waals surface area contributed by atoms with Gasteiger partial charge in [-0.15, -0.1) is 0 Å². The molecule has 174 valence electrons. The lowest BCUT2D eigenvalue weighted by atomic mass is 10.0. The molecule has 0 radical (unpaired) electrons. The van der Waals surface area contributed by atoms with Crippen molar-refractivity contribution in [2.75, 3.05) is 34.8 Å². The molecule has 1 heterocycles. The second-order valence-electron chi connectivity index (χ2n) is 7.84. The molecule has 0 unspecified atom stereocenters. The monoisotopic (exact) mass is 455 g/mol. The van der Waals surface area contributed by atoms with Crippen molar-refractivity contribution < 1.29 is 14.3 Å². The summed E-state index contributed by atoms with van der Waals surface area (Å²) >= 11 is 0. The third-order valence-corrected chi connectivity index (χ3v) is 5.80. The highest BCUT2D eigenvalue weighted by Gasteiger charge is 2.40. The van der Waals surface area contributed by atoms with Gasteiger partial charge in [0.1, 0.15) is 11.4 Å². The number of rotatable bonds is 9. The highest BCUT2D eigenvalue weighted by atomic mass is 16.5. The quantitative estimate of drug-likeness (QED) is 0.442. The first-order chi connectivity index (χ1) is 16.6. The van der Waals surface area contributed by atoms with Gasteiger partial charge in [-0.25, -0.2) is 4.90 Å². The SMILES string of the molecule is CCOc1cccc(N2C(=O)C(Nc3ccc(N(CC)CC)cc3)=C(c3ccccc3)C2=O)c1. The number of hydrogen-bond acceptors (Lipinski definition) is 5. The molecule has 1 aliphatic rings. The molecule has 2 amide bonds. The Kier molecular flexibility index (Phi) is 6.97. The second kappa shape index (κ2) is 10.3. The molecule has 0 bridgehead atoms. The van der Waals surface area contributed by atoms with Crippen molar-refractivity contribution in [1.82, 2.24) is 0 Å². The average molecular weight is 456 g/mol. The number of nitrogens with zero attached hydrogens (tertiary/aromatic N) is 2. The molecule has 0 aromatic heterocycles. The largest absolute Gasteiger partial charge is 0.494 e. The molecule has 0 aliphatic carbocycles. The summed E-state index contributed by atoms with van der Waals surface area (Å²) in [5.74, 6) is -0.160. The summed E-state index contributed by atoms with van der Waals surface area (Å²) in [6.07, 6.45) is 0. The van der Waals surface area contributed by atoms with Crippen molar-refractivity contribution in [1.29, 1.82) is 0 Å². The predicted molar refractivity (Wildman–Crippen MR) is 137 cm³/mol. The first-order valence-corrected chi connectivity index (χ1v) is 11.6. The van der Waals surface area contributed by atoms with Crippen LogP contribution in [-0.2, 0) is 9.59 Å². The van der Waals surface area contributed by atoms with Gasteiger partial charge in [-0.2, -0.15) is 0 Å². The highest BCUT2D eigenvalue weighted by molar-refractivity contribution is 6.46. The van der Waals surface area contributed by atoms with Crippen LogP contribution in [0.1, 0.15) is 26.3 Å². The summed E-state index contributed by atoms with van der Waals surface area (Å²) in [5, 5.41) is 3.23. The fourth-order valence-corrected chi connectivity index (χ4v) is 4.12. The van der Waals surface area contributed by atoms with Crippen LogP contribution < -0.4 is 19.9 Å². The highest BCUT2D eigenvalue weighted by Crippen LogP contribution is 2.35. The Morgan fingerprint density at radius 1 is 0.824 bits per heavy atom. The maximum absolute atomic E-state index is 13.6. The molecule has 4 rings (SSSR count). The number of benzene rings is 3. The maximum atomic E-state index is 13.6. The molecule has 3 aromatic carbocycles. The van der Waals surface area contributed by atoms with E-state index in [2.05, 4.69) is 24.1 Å². The normalized spacial score (nSPS) is 13.4. The van der Waals surface area contributed by atoms with Crippen LogP contribution >= 0.6 is 0 Å². The molecule has 0 fully saturated rings. The van der Waals surface area contributed by atoms with Gasteiger partial charge in [0.15, 0.2) is 0 Å². The molecule has 1 aliphatic heterocycles. The third-order valence-electron chi connectivity index (χ3n) is 5.80. The van der Waals surface area contributed by atoms with Crippen LogP contribution in [0.5, 0.6) is 5.75 Å². The fourth-order valence-electron chi connectivity index (χ4n) is 4.12. The van der Waals surface area contributed by atoms with Crippen LogP contribution in [0.4, 0.5) is 17.1 Å². The third kappa shape index (κ3) is 4.53. The number of nitrogens with one attached hydrogen (secondary N) is 1. The average Bonchev–Trinajstić information content (AvgIpc) is 3.11. The summed E-state index contributed by atoms with van der Waals surface area (Å²) in [7, 11) is 0. The fraction of sp³-hybridized carbons (Fsp3) is 0.214. The van der Waals surface area contributed by atoms with E-state index >= 15 is 0 Å². The summed E-state index contributed by atoms with van der Waals surface area (Å²) in [6, 6.07) is 24.2. The Balaban J connectivity index is 1.72. The molecule has 0 atom stereocenters. The second-order valence-corrected chi connectivity index (χ2v) is 7.84. The number of hydrogen-bond donors (Lipinski definition) is 1. The molecule has 6 heteroatoms. The molecular weight excluding hydrogens is 426 g/mol. The van der Waals surface area contributed by atoms with Gasteiger partial charge in [-0.1, -0.05) is 36.4 Å². The van der Waals surface area contributed by atoms with E-state index in [4.69, 9.17) is 4.74 Å². The van der Waals surface area contributed by atoms with Gasteiger partial charge >= 0.3 is 0 Å². The van der Waals surface area contributed by atoms with Gasteiger partial charge in [-0.3, -0.25) is 9.59 Å². The standard InChI is InChI=1S/C28H29N3O3/c1-4-30(5-2)22-17-15-21(16-18-22)29-26-25(20-11-8-7-9-12-20)27(32)31(28(26)33)23-13-10-14-24(19-23)34-6-3/h7-19,29H,4-6H2,1-3H3. The Bertz CT molecular complexity index is 1200. The van der Waals surface area contributed by atoms with Crippen LogP contribution in [0, 0.1) is 0 Å². The van der Waals surface area contributed by atoms with Crippen molar-refractivity contribution in [2.24, 2.45) is 0 Å². The lowest BCUT2D eigenvalue weighted by molar-refractivity contribution is -0.120. The van der Waals surface area contributed by atoms with E-state index in [0.717, 1.165) is 24.5 Å². The molecule has 6 nitrogen and oxygen atoms in total. The van der Waals surface area contributed by atoms with Crippen molar-refractivity contribution in [3.63, 3.8) is 0 Å². The van der Waals surface area contributed by atoms with E-state index in [1.54, 1.807) is 24.3 Å². The van der Waals surface area contributed by atoms with Gasteiger partial charge < -0.3 is 15.0 Å². The zero-order valence-corrected chi connectivity index (χ0v) is 19.7. The molecule has 0 saturated carbocycles. The van der Waals surface area contributed by atoms with Crippen LogP contribution in [-0.4, -0.2) is 31.5 Å². The van der Waals surface area contributed by atoms with E-state index in [9.17, 15) is 9.59 Å². The van der Waals surface area contributed by atoms with Gasteiger partial charge in [0.2, 0.25) is 0 Å². The molecule has 0 saturated heterocycles. The zero-order chi connectivity index (χ0) is 24.1. The van der Waals surface area contributed by atoms with E-state index < -0.39 is 5.91 Å². The Morgan fingerprint density at radius 3 is 2.18 bits per heavy atom. The van der Waals surface area contributed by atoms with E-state index in [0.29, 0.717) is 29.2 Å². The molecule has 1 N–H and O–H groups in total. The van der Waals surface area contributed by atoms with Crippen LogP contribution in [0.15, 0.2) is 84.6 Å². The number of carbonyl (C=O) groups excluding carboxylic acids is 2. The minimum absolute atomic E-state index is 0.258. The number of amides is 2. The lowest BCUT2D eigenvalue weighted by Crippen LogP contribution is -2.32. The minimum atomic E-state index is -0.398. The van der Waals surface area contributed by atoms with Crippen LogP contribution in [0.3, 0.4) is 0 Å². The topological polar surface area (TPSA) is 61.9 Å². The summed E-state index contributed by atoms with van der Waals surface area (Å²) in [6.45, 7) is 8.44. The Morgan fingerprint density at radius 2 is 1.53 bits per heavy atom. The van der Waals surface area contributed by atoms with Crippen molar-refractivity contribution >= 4 is 34.4 Å². The maximum Gasteiger partial charge on any atom is 0.282 e. The van der Waals surface area contributed by atoms with Gasteiger partial charge in [-0.05, 0) is 62.7 Å². The number of imide groups is 1. The summed E-state index contributed by atoms with van der Waals surface area (Å²) in [5.41, 5.74) is 3.62. The molecule has 0 spiro atoms. The van der Waals surface area contributed by atoms with Crippen molar-refractivity contribution in [2.45, 2.75) is 20.8 Å². The first-order valence-electron chi connectivity index (χ1n) is 11.6.